The third-order valence-corrected chi connectivity index (χ3v) is 3.59. The highest BCUT2D eigenvalue weighted by Gasteiger charge is 2.15. The van der Waals surface area contributed by atoms with E-state index < -0.39 is 10.0 Å². The van der Waals surface area contributed by atoms with E-state index in [1.165, 1.54) is 6.07 Å². The first-order valence-corrected chi connectivity index (χ1v) is 5.61. The fourth-order valence-electron chi connectivity index (χ4n) is 0.848. The number of hydrogen-bond acceptors (Lipinski definition) is 2. The maximum atomic E-state index is 11.0. The van der Waals surface area contributed by atoms with Crippen molar-refractivity contribution in [1.29, 1.82) is 0 Å². The molecule has 0 aliphatic heterocycles. The fraction of sp³-hybridized carbons (Fsp3) is 0.143. The average Bonchev–Trinajstić information content (AvgIpc) is 1.98. The summed E-state index contributed by atoms with van der Waals surface area (Å²) in [5.74, 6) is 0. The number of aryl methyl sites for hydroxylation is 1. The predicted molar refractivity (Wildman–Crippen MR) is 52.6 cm³/mol. The number of nitrogens with two attached hydrogens (primary N) is 1. The SMILES string of the molecule is Cc1ccc(S(N)(=O)=O)c(Cl)c1Cl. The molecule has 0 amide bonds. The van der Waals surface area contributed by atoms with Crippen LogP contribution in [0.3, 0.4) is 0 Å². The van der Waals surface area contributed by atoms with Crippen LogP contribution in [0.5, 0.6) is 0 Å². The molecule has 0 bridgehead atoms. The minimum Gasteiger partial charge on any atom is -0.225 e. The first kappa shape index (κ1) is 10.8. The molecule has 0 fully saturated rings. The standard InChI is InChI=1S/C7H7Cl2NO2S/c1-4-2-3-5(13(10,11)12)7(9)6(4)8/h2-3H,1H3,(H2,10,11,12). The molecule has 72 valence electrons. The Kier molecular flexibility index (Phi) is 2.87. The van der Waals surface area contributed by atoms with Crippen LogP contribution in [0.4, 0.5) is 0 Å². The number of rotatable bonds is 1. The Labute approximate surface area is 86.5 Å². The van der Waals surface area contributed by atoms with Gasteiger partial charge in [0.1, 0.15) is 4.90 Å². The lowest BCUT2D eigenvalue weighted by atomic mass is 10.2. The minimum atomic E-state index is -3.79. The van der Waals surface area contributed by atoms with Crippen LogP contribution in [0.15, 0.2) is 17.0 Å². The van der Waals surface area contributed by atoms with E-state index in [9.17, 15) is 8.42 Å². The molecule has 0 heterocycles. The molecule has 0 atom stereocenters. The van der Waals surface area contributed by atoms with Gasteiger partial charge in [-0.05, 0) is 18.6 Å². The summed E-state index contributed by atoms with van der Waals surface area (Å²) in [6, 6.07) is 2.88. The lowest BCUT2D eigenvalue weighted by Crippen LogP contribution is -2.12. The Morgan fingerprint density at radius 1 is 1.23 bits per heavy atom. The van der Waals surface area contributed by atoms with Crippen molar-refractivity contribution in [2.75, 3.05) is 0 Å². The lowest BCUT2D eigenvalue weighted by Gasteiger charge is -2.05. The summed E-state index contributed by atoms with van der Waals surface area (Å²) in [5.41, 5.74) is 0.707. The Bertz CT molecular complexity index is 442. The van der Waals surface area contributed by atoms with Crippen LogP contribution in [-0.2, 0) is 10.0 Å². The van der Waals surface area contributed by atoms with Crippen LogP contribution in [-0.4, -0.2) is 8.42 Å². The summed E-state index contributed by atoms with van der Waals surface area (Å²) in [6.07, 6.45) is 0. The van der Waals surface area contributed by atoms with Gasteiger partial charge in [0.15, 0.2) is 0 Å². The van der Waals surface area contributed by atoms with Gasteiger partial charge >= 0.3 is 0 Å². The van der Waals surface area contributed by atoms with Crippen molar-refractivity contribution in [2.45, 2.75) is 11.8 Å². The van der Waals surface area contributed by atoms with Crippen molar-refractivity contribution in [3.8, 4) is 0 Å². The van der Waals surface area contributed by atoms with Gasteiger partial charge in [-0.2, -0.15) is 0 Å². The normalized spacial score (nSPS) is 11.7. The summed E-state index contributed by atoms with van der Waals surface area (Å²) < 4.78 is 21.9. The lowest BCUT2D eigenvalue weighted by molar-refractivity contribution is 0.598. The van der Waals surface area contributed by atoms with E-state index in [1.54, 1.807) is 13.0 Å². The first-order chi connectivity index (χ1) is 5.84. The second kappa shape index (κ2) is 3.46. The van der Waals surface area contributed by atoms with E-state index >= 15 is 0 Å². The van der Waals surface area contributed by atoms with Crippen LogP contribution in [0.2, 0.25) is 10.0 Å². The molecule has 1 aromatic rings. The van der Waals surface area contributed by atoms with Gasteiger partial charge in [-0.3, -0.25) is 0 Å². The minimum absolute atomic E-state index is 0.0239. The molecule has 0 saturated carbocycles. The second-order valence-corrected chi connectivity index (χ2v) is 4.84. The van der Waals surface area contributed by atoms with Crippen molar-refractivity contribution < 1.29 is 8.42 Å². The molecular weight excluding hydrogens is 233 g/mol. The van der Waals surface area contributed by atoms with Crippen molar-refractivity contribution in [3.63, 3.8) is 0 Å². The Morgan fingerprint density at radius 2 is 1.77 bits per heavy atom. The summed E-state index contributed by atoms with van der Waals surface area (Å²) >= 11 is 11.4. The Morgan fingerprint density at radius 3 is 2.23 bits per heavy atom. The largest absolute Gasteiger partial charge is 0.239 e. The zero-order valence-electron chi connectivity index (χ0n) is 6.71. The molecule has 3 nitrogen and oxygen atoms in total. The summed E-state index contributed by atoms with van der Waals surface area (Å²) in [4.78, 5) is -0.148. The molecule has 0 unspecified atom stereocenters. The number of benzene rings is 1. The molecule has 13 heavy (non-hydrogen) atoms. The molecule has 6 heteroatoms. The fourth-order valence-corrected chi connectivity index (χ4v) is 2.21. The van der Waals surface area contributed by atoms with Gasteiger partial charge in [0.05, 0.1) is 10.0 Å². The molecule has 0 aromatic heterocycles. The highest BCUT2D eigenvalue weighted by atomic mass is 35.5. The molecule has 0 spiro atoms. The van der Waals surface area contributed by atoms with Crippen LogP contribution in [0.25, 0.3) is 0 Å². The van der Waals surface area contributed by atoms with Crippen LogP contribution >= 0.6 is 23.2 Å². The third-order valence-electron chi connectivity index (χ3n) is 1.55. The van der Waals surface area contributed by atoms with E-state index in [1.807, 2.05) is 0 Å². The molecule has 0 aliphatic carbocycles. The summed E-state index contributed by atoms with van der Waals surface area (Å²) in [6.45, 7) is 1.72. The third kappa shape index (κ3) is 2.14. The zero-order valence-corrected chi connectivity index (χ0v) is 9.04. The van der Waals surface area contributed by atoms with Crippen molar-refractivity contribution in [2.24, 2.45) is 5.14 Å². The molecule has 0 aliphatic rings. The van der Waals surface area contributed by atoms with Gasteiger partial charge in [-0.1, -0.05) is 29.3 Å². The van der Waals surface area contributed by atoms with Gasteiger partial charge in [0.25, 0.3) is 0 Å². The van der Waals surface area contributed by atoms with E-state index in [4.69, 9.17) is 28.3 Å². The average molecular weight is 240 g/mol. The molecular formula is C7H7Cl2NO2S. The van der Waals surface area contributed by atoms with Gasteiger partial charge in [-0.25, -0.2) is 13.6 Å². The van der Waals surface area contributed by atoms with Gasteiger partial charge < -0.3 is 0 Å². The van der Waals surface area contributed by atoms with E-state index in [-0.39, 0.29) is 14.9 Å². The quantitative estimate of drug-likeness (QED) is 0.815. The van der Waals surface area contributed by atoms with Crippen LogP contribution < -0.4 is 5.14 Å². The van der Waals surface area contributed by atoms with Gasteiger partial charge in [0, 0.05) is 0 Å². The maximum Gasteiger partial charge on any atom is 0.239 e. The van der Waals surface area contributed by atoms with E-state index in [0.29, 0.717) is 5.56 Å². The predicted octanol–water partition coefficient (Wildman–Crippen LogP) is 1.95. The topological polar surface area (TPSA) is 60.2 Å². The first-order valence-electron chi connectivity index (χ1n) is 3.31. The smallest absolute Gasteiger partial charge is 0.225 e. The zero-order chi connectivity index (χ0) is 10.2. The number of primary sulfonamides is 1. The van der Waals surface area contributed by atoms with Gasteiger partial charge in [-0.15, -0.1) is 0 Å². The highest BCUT2D eigenvalue weighted by Crippen LogP contribution is 2.30. The monoisotopic (exact) mass is 239 g/mol. The van der Waals surface area contributed by atoms with E-state index in [2.05, 4.69) is 0 Å². The van der Waals surface area contributed by atoms with E-state index in [0.717, 1.165) is 0 Å². The van der Waals surface area contributed by atoms with Gasteiger partial charge in [0.2, 0.25) is 10.0 Å². The summed E-state index contributed by atoms with van der Waals surface area (Å²) in [7, 11) is -3.79. The molecule has 0 radical (unpaired) electrons. The molecule has 2 N–H and O–H groups in total. The van der Waals surface area contributed by atoms with Crippen LogP contribution in [0, 0.1) is 6.92 Å². The van der Waals surface area contributed by atoms with Crippen molar-refractivity contribution in [3.05, 3.63) is 27.7 Å². The van der Waals surface area contributed by atoms with Crippen molar-refractivity contribution in [1.82, 2.24) is 0 Å². The molecule has 0 saturated heterocycles. The Hall–Kier alpha value is -0.290. The van der Waals surface area contributed by atoms with Crippen LogP contribution in [0.1, 0.15) is 5.56 Å². The second-order valence-electron chi connectivity index (χ2n) is 2.55. The summed E-state index contributed by atoms with van der Waals surface area (Å²) in [5, 5.41) is 5.10. The maximum absolute atomic E-state index is 11.0. The number of sulfonamides is 1. The highest BCUT2D eigenvalue weighted by molar-refractivity contribution is 7.89. The number of halogens is 2. The molecule has 1 aromatic carbocycles. The van der Waals surface area contributed by atoms with Crippen molar-refractivity contribution >= 4 is 33.2 Å². The number of hydrogen-bond donors (Lipinski definition) is 1. The molecule has 1 rings (SSSR count). The Balaban J connectivity index is 3.53.